The number of carbonyl (C=O) groups excluding carboxylic acids is 2. The number of amides is 2. The van der Waals surface area contributed by atoms with Crippen molar-refractivity contribution in [2.45, 2.75) is 32.7 Å². The molecule has 0 aliphatic heterocycles. The van der Waals surface area contributed by atoms with E-state index in [1.54, 1.807) is 11.3 Å². The number of thiophene rings is 1. The molecule has 3 aromatic rings. The number of fused-ring (bicyclic) bond motifs is 1. The van der Waals surface area contributed by atoms with Crippen molar-refractivity contribution >= 4 is 34.1 Å². The van der Waals surface area contributed by atoms with Gasteiger partial charge in [0.15, 0.2) is 5.69 Å². The minimum absolute atomic E-state index is 0.0171. The van der Waals surface area contributed by atoms with Crippen molar-refractivity contribution in [3.63, 3.8) is 0 Å². The maximum absolute atomic E-state index is 12.3. The normalized spacial score (nSPS) is 12.3. The lowest BCUT2D eigenvalue weighted by atomic mass is 10.0. The van der Waals surface area contributed by atoms with E-state index in [4.69, 9.17) is 0 Å². The second kappa shape index (κ2) is 8.81. The van der Waals surface area contributed by atoms with Crippen LogP contribution in [0.2, 0.25) is 0 Å². The van der Waals surface area contributed by atoms with Crippen LogP contribution in [0, 0.1) is 5.92 Å². The van der Waals surface area contributed by atoms with Crippen LogP contribution < -0.4 is 10.6 Å². The summed E-state index contributed by atoms with van der Waals surface area (Å²) in [5.74, 6) is 0.128. The van der Waals surface area contributed by atoms with Crippen molar-refractivity contribution in [2.24, 2.45) is 5.92 Å². The molecule has 0 bridgehead atoms. The van der Waals surface area contributed by atoms with E-state index >= 15 is 0 Å². The van der Waals surface area contributed by atoms with E-state index in [2.05, 4.69) is 34.7 Å². The van der Waals surface area contributed by atoms with Gasteiger partial charge < -0.3 is 10.6 Å². The van der Waals surface area contributed by atoms with E-state index in [1.165, 1.54) is 0 Å². The molecule has 0 aliphatic rings. The number of hydrogen-bond donors (Lipinski definition) is 3. The second-order valence-corrected chi connectivity index (χ2v) is 7.87. The van der Waals surface area contributed by atoms with Gasteiger partial charge >= 0.3 is 0 Å². The molecule has 2 amide bonds. The highest BCUT2D eigenvalue weighted by molar-refractivity contribution is 7.10. The molecule has 3 N–H and O–H groups in total. The summed E-state index contributed by atoms with van der Waals surface area (Å²) >= 11 is 1.65. The Morgan fingerprint density at radius 1 is 1.19 bits per heavy atom. The lowest BCUT2D eigenvalue weighted by Crippen LogP contribution is -2.33. The molecule has 2 aromatic heterocycles. The Kier molecular flexibility index (Phi) is 6.24. The Labute approximate surface area is 162 Å². The summed E-state index contributed by atoms with van der Waals surface area (Å²) in [5, 5.41) is 15.6. The lowest BCUT2D eigenvalue weighted by Gasteiger charge is -2.19. The number of rotatable bonds is 8. The molecule has 2 heterocycles. The molecule has 0 fully saturated rings. The van der Waals surface area contributed by atoms with Gasteiger partial charge in [-0.05, 0) is 29.9 Å². The zero-order valence-electron chi connectivity index (χ0n) is 15.5. The monoisotopic (exact) mass is 384 g/mol. The van der Waals surface area contributed by atoms with Crippen LogP contribution in [0.15, 0.2) is 41.8 Å². The Balaban J connectivity index is 1.52. The third kappa shape index (κ3) is 4.95. The van der Waals surface area contributed by atoms with Crippen LogP contribution in [0.25, 0.3) is 10.9 Å². The predicted octanol–water partition coefficient (Wildman–Crippen LogP) is 3.65. The zero-order valence-corrected chi connectivity index (χ0v) is 16.3. The molecule has 3 rings (SSSR count). The molecule has 142 valence electrons. The van der Waals surface area contributed by atoms with Gasteiger partial charge in [-0.1, -0.05) is 38.1 Å². The number of H-pyrrole nitrogens is 1. The second-order valence-electron chi connectivity index (χ2n) is 6.89. The molecule has 0 saturated heterocycles. The van der Waals surface area contributed by atoms with Crippen LogP contribution in [-0.2, 0) is 4.79 Å². The maximum Gasteiger partial charge on any atom is 0.272 e. The van der Waals surface area contributed by atoms with Gasteiger partial charge in [0.2, 0.25) is 5.91 Å². The van der Waals surface area contributed by atoms with Crippen LogP contribution in [0.4, 0.5) is 0 Å². The standard InChI is InChI=1S/C20H24N4O2S/c1-13(2)12-16(17-8-5-11-27-17)22-18(25)9-10-21-20(26)19-14-6-3-4-7-15(14)23-24-19/h3-8,11,13,16H,9-10,12H2,1-2H3,(H,21,26)(H,22,25)(H,23,24). The van der Waals surface area contributed by atoms with Gasteiger partial charge in [0, 0.05) is 23.2 Å². The number of nitrogens with one attached hydrogen (secondary N) is 3. The number of carbonyl (C=O) groups is 2. The molecule has 0 aliphatic carbocycles. The highest BCUT2D eigenvalue weighted by Gasteiger charge is 2.18. The van der Waals surface area contributed by atoms with E-state index in [9.17, 15) is 9.59 Å². The number of benzene rings is 1. The van der Waals surface area contributed by atoms with Crippen LogP contribution >= 0.6 is 11.3 Å². The van der Waals surface area contributed by atoms with Gasteiger partial charge in [-0.15, -0.1) is 11.3 Å². The number of aromatic nitrogens is 2. The first-order valence-electron chi connectivity index (χ1n) is 9.08. The molecule has 0 radical (unpaired) electrons. The van der Waals surface area contributed by atoms with Crippen LogP contribution in [0.3, 0.4) is 0 Å². The predicted molar refractivity (Wildman–Crippen MR) is 108 cm³/mol. The Hall–Kier alpha value is -2.67. The molecule has 0 saturated carbocycles. The van der Waals surface area contributed by atoms with Crippen molar-refractivity contribution in [3.05, 3.63) is 52.3 Å². The van der Waals surface area contributed by atoms with Crippen LogP contribution in [-0.4, -0.2) is 28.6 Å². The van der Waals surface area contributed by atoms with Gasteiger partial charge in [-0.2, -0.15) is 5.10 Å². The fourth-order valence-corrected chi connectivity index (χ4v) is 3.77. The largest absolute Gasteiger partial charge is 0.350 e. The lowest BCUT2D eigenvalue weighted by molar-refractivity contribution is -0.121. The number of nitrogens with zero attached hydrogens (tertiary/aromatic N) is 1. The fourth-order valence-electron chi connectivity index (χ4n) is 2.98. The highest BCUT2D eigenvalue weighted by atomic mass is 32.1. The fraction of sp³-hybridized carbons (Fsp3) is 0.350. The molecule has 0 spiro atoms. The van der Waals surface area contributed by atoms with E-state index in [0.717, 1.165) is 22.2 Å². The number of aromatic amines is 1. The minimum Gasteiger partial charge on any atom is -0.350 e. The van der Waals surface area contributed by atoms with E-state index in [-0.39, 0.29) is 30.8 Å². The molecule has 1 atom stereocenters. The summed E-state index contributed by atoms with van der Waals surface area (Å²) in [4.78, 5) is 25.8. The first-order chi connectivity index (χ1) is 13.0. The summed E-state index contributed by atoms with van der Waals surface area (Å²) in [6.07, 6.45) is 1.12. The Bertz CT molecular complexity index is 902. The van der Waals surface area contributed by atoms with Crippen molar-refractivity contribution in [1.29, 1.82) is 0 Å². The first kappa shape index (κ1) is 19.1. The van der Waals surface area contributed by atoms with Crippen molar-refractivity contribution in [2.75, 3.05) is 6.54 Å². The average molecular weight is 385 g/mol. The molecular formula is C20H24N4O2S. The molecule has 1 aromatic carbocycles. The average Bonchev–Trinajstić information content (AvgIpc) is 3.30. The molecule has 6 nitrogen and oxygen atoms in total. The Morgan fingerprint density at radius 3 is 2.74 bits per heavy atom. The third-order valence-corrected chi connectivity index (χ3v) is 5.24. The van der Waals surface area contributed by atoms with E-state index < -0.39 is 0 Å². The van der Waals surface area contributed by atoms with E-state index in [0.29, 0.717) is 11.6 Å². The Morgan fingerprint density at radius 2 is 2.00 bits per heavy atom. The van der Waals surface area contributed by atoms with Crippen molar-refractivity contribution in [1.82, 2.24) is 20.8 Å². The maximum atomic E-state index is 12.3. The smallest absolute Gasteiger partial charge is 0.272 e. The van der Waals surface area contributed by atoms with Crippen molar-refractivity contribution in [3.8, 4) is 0 Å². The first-order valence-corrected chi connectivity index (χ1v) is 9.96. The highest BCUT2D eigenvalue weighted by Crippen LogP contribution is 2.25. The van der Waals surface area contributed by atoms with Gasteiger partial charge in [0.05, 0.1) is 11.6 Å². The van der Waals surface area contributed by atoms with Gasteiger partial charge in [0.1, 0.15) is 0 Å². The van der Waals surface area contributed by atoms with Gasteiger partial charge in [-0.25, -0.2) is 0 Å². The molecule has 7 heteroatoms. The summed E-state index contributed by atoms with van der Waals surface area (Å²) in [7, 11) is 0. The molecular weight excluding hydrogens is 360 g/mol. The summed E-state index contributed by atoms with van der Waals surface area (Å²) in [6.45, 7) is 4.55. The van der Waals surface area contributed by atoms with Crippen LogP contribution in [0.1, 0.15) is 48.1 Å². The SMILES string of the molecule is CC(C)CC(NC(=O)CCNC(=O)c1n[nH]c2ccccc12)c1cccs1. The molecule has 1 unspecified atom stereocenters. The quantitative estimate of drug-likeness (QED) is 0.554. The summed E-state index contributed by atoms with van der Waals surface area (Å²) in [6, 6.07) is 11.5. The zero-order chi connectivity index (χ0) is 19.2. The number of hydrogen-bond acceptors (Lipinski definition) is 4. The summed E-state index contributed by atoms with van der Waals surface area (Å²) < 4.78 is 0. The molecule has 27 heavy (non-hydrogen) atoms. The number of para-hydroxylation sites is 1. The van der Waals surface area contributed by atoms with Crippen LogP contribution in [0.5, 0.6) is 0 Å². The summed E-state index contributed by atoms with van der Waals surface area (Å²) in [5.41, 5.74) is 1.16. The third-order valence-electron chi connectivity index (χ3n) is 4.25. The van der Waals surface area contributed by atoms with Gasteiger partial charge in [-0.3, -0.25) is 14.7 Å². The minimum atomic E-state index is -0.280. The van der Waals surface area contributed by atoms with E-state index in [1.807, 2.05) is 41.8 Å². The van der Waals surface area contributed by atoms with Gasteiger partial charge in [0.25, 0.3) is 5.91 Å². The van der Waals surface area contributed by atoms with Crippen molar-refractivity contribution < 1.29 is 9.59 Å². The topological polar surface area (TPSA) is 86.9 Å².